The molecule has 1 unspecified atom stereocenters. The van der Waals surface area contributed by atoms with Crippen LogP contribution in [0.25, 0.3) is 10.6 Å². The highest BCUT2D eigenvalue weighted by Gasteiger charge is 2.13. The van der Waals surface area contributed by atoms with Crippen LogP contribution in [0.15, 0.2) is 29.6 Å². The summed E-state index contributed by atoms with van der Waals surface area (Å²) in [6.07, 6.45) is 0. The van der Waals surface area contributed by atoms with Crippen molar-refractivity contribution in [1.29, 1.82) is 0 Å². The summed E-state index contributed by atoms with van der Waals surface area (Å²) in [5.74, 6) is 0.783. The second-order valence-electron chi connectivity index (χ2n) is 3.57. The van der Waals surface area contributed by atoms with Gasteiger partial charge in [0.2, 0.25) is 0 Å². The third-order valence-corrected chi connectivity index (χ3v) is 3.33. The Balaban J connectivity index is 2.37. The van der Waals surface area contributed by atoms with Crippen molar-refractivity contribution in [2.24, 2.45) is 5.73 Å². The molecule has 0 fully saturated rings. The lowest BCUT2D eigenvalue weighted by atomic mass is 10.2. The molecule has 1 aromatic heterocycles. The van der Waals surface area contributed by atoms with Gasteiger partial charge in [-0.1, -0.05) is 12.1 Å². The lowest BCUT2D eigenvalue weighted by Crippen LogP contribution is -2.14. The molecule has 2 rings (SSSR count). The molecule has 1 atom stereocenters. The number of nitrogens with two attached hydrogens (primary N) is 1. The van der Waals surface area contributed by atoms with E-state index in [4.69, 9.17) is 15.6 Å². The smallest absolute Gasteiger partial charge is 0.129 e. The summed E-state index contributed by atoms with van der Waals surface area (Å²) < 4.78 is 5.28. The molecule has 0 bridgehead atoms. The van der Waals surface area contributed by atoms with Crippen molar-refractivity contribution in [3.8, 4) is 16.3 Å². The zero-order chi connectivity index (χ0) is 12.3. The summed E-state index contributed by atoms with van der Waals surface area (Å²) in [5.41, 5.74) is 7.37. The van der Waals surface area contributed by atoms with E-state index in [1.807, 2.05) is 29.6 Å². The summed E-state index contributed by atoms with van der Waals surface area (Å²) in [4.78, 5) is 4.41. The maximum Gasteiger partial charge on any atom is 0.129 e. The molecule has 1 aromatic carbocycles. The van der Waals surface area contributed by atoms with Gasteiger partial charge in [0, 0.05) is 5.38 Å². The van der Waals surface area contributed by atoms with Crippen molar-refractivity contribution in [3.63, 3.8) is 0 Å². The van der Waals surface area contributed by atoms with E-state index in [0.29, 0.717) is 5.69 Å². The van der Waals surface area contributed by atoms with Gasteiger partial charge in [-0.3, -0.25) is 0 Å². The molecule has 2 aromatic rings. The van der Waals surface area contributed by atoms with Gasteiger partial charge in [-0.15, -0.1) is 11.3 Å². The van der Waals surface area contributed by atoms with Gasteiger partial charge in [0.05, 0.1) is 31.0 Å². The Kier molecular flexibility index (Phi) is 3.73. The SMILES string of the molecule is COc1ccccc1-c1nc(C(N)CO)cs1. The number of para-hydroxylation sites is 1. The first kappa shape index (κ1) is 12.0. The number of hydrogen-bond donors (Lipinski definition) is 2. The third kappa shape index (κ3) is 2.46. The number of thiazole rings is 1. The van der Waals surface area contributed by atoms with Gasteiger partial charge in [-0.05, 0) is 12.1 Å². The Morgan fingerprint density at radius 3 is 2.94 bits per heavy atom. The van der Waals surface area contributed by atoms with E-state index in [9.17, 15) is 0 Å². The molecule has 5 heteroatoms. The van der Waals surface area contributed by atoms with Crippen LogP contribution in [-0.2, 0) is 0 Å². The van der Waals surface area contributed by atoms with Gasteiger partial charge in [-0.25, -0.2) is 4.98 Å². The van der Waals surface area contributed by atoms with E-state index < -0.39 is 6.04 Å². The molecule has 0 radical (unpaired) electrons. The lowest BCUT2D eigenvalue weighted by molar-refractivity contribution is 0.266. The Morgan fingerprint density at radius 1 is 1.47 bits per heavy atom. The van der Waals surface area contributed by atoms with E-state index in [2.05, 4.69) is 4.98 Å². The van der Waals surface area contributed by atoms with E-state index in [-0.39, 0.29) is 6.61 Å². The van der Waals surface area contributed by atoms with Gasteiger partial charge >= 0.3 is 0 Å². The topological polar surface area (TPSA) is 68.4 Å². The van der Waals surface area contributed by atoms with Crippen LogP contribution in [0.5, 0.6) is 5.75 Å². The first-order chi connectivity index (χ1) is 8.26. The number of nitrogens with zero attached hydrogens (tertiary/aromatic N) is 1. The highest BCUT2D eigenvalue weighted by atomic mass is 32.1. The number of benzene rings is 1. The lowest BCUT2D eigenvalue weighted by Gasteiger charge is -2.05. The molecule has 0 aliphatic heterocycles. The molecule has 0 saturated heterocycles. The fourth-order valence-electron chi connectivity index (χ4n) is 1.50. The minimum atomic E-state index is -0.422. The minimum Gasteiger partial charge on any atom is -0.496 e. The number of ether oxygens (including phenoxy) is 1. The molecule has 0 aliphatic carbocycles. The van der Waals surface area contributed by atoms with Crippen LogP contribution >= 0.6 is 11.3 Å². The number of aliphatic hydroxyl groups is 1. The van der Waals surface area contributed by atoms with Crippen molar-refractivity contribution in [3.05, 3.63) is 35.3 Å². The molecular formula is C12H14N2O2S. The maximum absolute atomic E-state index is 8.98. The van der Waals surface area contributed by atoms with Crippen LogP contribution < -0.4 is 10.5 Å². The van der Waals surface area contributed by atoms with E-state index in [1.165, 1.54) is 11.3 Å². The Hall–Kier alpha value is -1.43. The van der Waals surface area contributed by atoms with Gasteiger partial charge in [0.1, 0.15) is 10.8 Å². The molecule has 0 amide bonds. The van der Waals surface area contributed by atoms with Gasteiger partial charge in [0.15, 0.2) is 0 Å². The zero-order valence-electron chi connectivity index (χ0n) is 9.46. The van der Waals surface area contributed by atoms with E-state index in [1.54, 1.807) is 7.11 Å². The summed E-state index contributed by atoms with van der Waals surface area (Å²) in [7, 11) is 1.63. The second kappa shape index (κ2) is 5.27. The number of aliphatic hydroxyl groups excluding tert-OH is 1. The predicted octanol–water partition coefficient (Wildman–Crippen LogP) is 1.81. The van der Waals surface area contributed by atoms with Crippen LogP contribution in [0.2, 0.25) is 0 Å². The van der Waals surface area contributed by atoms with Crippen LogP contribution in [0.1, 0.15) is 11.7 Å². The maximum atomic E-state index is 8.98. The number of rotatable bonds is 4. The van der Waals surface area contributed by atoms with Gasteiger partial charge < -0.3 is 15.6 Å². The number of aromatic nitrogens is 1. The highest BCUT2D eigenvalue weighted by molar-refractivity contribution is 7.13. The largest absolute Gasteiger partial charge is 0.496 e. The molecule has 90 valence electrons. The highest BCUT2D eigenvalue weighted by Crippen LogP contribution is 2.32. The van der Waals surface area contributed by atoms with Crippen LogP contribution in [0.3, 0.4) is 0 Å². The first-order valence-corrected chi connectivity index (χ1v) is 6.09. The third-order valence-electron chi connectivity index (χ3n) is 2.44. The van der Waals surface area contributed by atoms with Crippen LogP contribution in [-0.4, -0.2) is 23.8 Å². The minimum absolute atomic E-state index is 0.102. The Bertz CT molecular complexity index is 499. The Morgan fingerprint density at radius 2 is 2.24 bits per heavy atom. The van der Waals surface area contributed by atoms with Crippen molar-refractivity contribution in [2.75, 3.05) is 13.7 Å². The summed E-state index contributed by atoms with van der Waals surface area (Å²) in [5, 5.41) is 11.7. The average molecular weight is 250 g/mol. The zero-order valence-corrected chi connectivity index (χ0v) is 10.3. The molecule has 0 spiro atoms. The average Bonchev–Trinajstić information content (AvgIpc) is 2.87. The molecule has 4 nitrogen and oxygen atoms in total. The molecule has 0 saturated carbocycles. The Labute approximate surface area is 104 Å². The monoisotopic (exact) mass is 250 g/mol. The standard InChI is InChI=1S/C12H14N2O2S/c1-16-11-5-3-2-4-8(11)12-14-10(7-17-12)9(13)6-15/h2-5,7,9,15H,6,13H2,1H3. The van der Waals surface area contributed by atoms with E-state index in [0.717, 1.165) is 16.3 Å². The summed E-state index contributed by atoms with van der Waals surface area (Å²) in [6.45, 7) is -0.102. The normalized spacial score (nSPS) is 12.4. The number of hydrogen-bond acceptors (Lipinski definition) is 5. The van der Waals surface area contributed by atoms with Gasteiger partial charge in [0.25, 0.3) is 0 Å². The fraction of sp³-hybridized carbons (Fsp3) is 0.250. The molecule has 1 heterocycles. The molecule has 0 aliphatic rings. The molecular weight excluding hydrogens is 236 g/mol. The van der Waals surface area contributed by atoms with E-state index >= 15 is 0 Å². The molecule has 3 N–H and O–H groups in total. The predicted molar refractivity (Wildman–Crippen MR) is 68.1 cm³/mol. The van der Waals surface area contributed by atoms with Crippen molar-refractivity contribution in [1.82, 2.24) is 4.98 Å². The first-order valence-electron chi connectivity index (χ1n) is 5.21. The van der Waals surface area contributed by atoms with Crippen molar-refractivity contribution < 1.29 is 9.84 Å². The van der Waals surface area contributed by atoms with Crippen molar-refractivity contribution in [2.45, 2.75) is 6.04 Å². The quantitative estimate of drug-likeness (QED) is 0.868. The fourth-order valence-corrected chi connectivity index (χ4v) is 2.41. The number of methoxy groups -OCH3 is 1. The van der Waals surface area contributed by atoms with Crippen LogP contribution in [0, 0.1) is 0 Å². The van der Waals surface area contributed by atoms with Gasteiger partial charge in [-0.2, -0.15) is 0 Å². The van der Waals surface area contributed by atoms with Crippen LogP contribution in [0.4, 0.5) is 0 Å². The summed E-state index contributed by atoms with van der Waals surface area (Å²) in [6, 6.07) is 7.27. The molecule has 17 heavy (non-hydrogen) atoms. The van der Waals surface area contributed by atoms with Crippen molar-refractivity contribution >= 4 is 11.3 Å². The summed E-state index contributed by atoms with van der Waals surface area (Å²) >= 11 is 1.49. The second-order valence-corrected chi connectivity index (χ2v) is 4.42.